The average Bonchev–Trinajstić information content (AvgIpc) is 2.83. The van der Waals surface area contributed by atoms with Crippen molar-refractivity contribution in [3.8, 4) is 0 Å². The van der Waals surface area contributed by atoms with Crippen molar-refractivity contribution in [2.75, 3.05) is 0 Å². The zero-order chi connectivity index (χ0) is 14.8. The van der Waals surface area contributed by atoms with Crippen molar-refractivity contribution >= 4 is 22.1 Å². The Labute approximate surface area is 129 Å². The number of benzene rings is 1. The molecule has 0 fully saturated rings. The number of hydrogen-bond acceptors (Lipinski definition) is 4. The first-order valence-corrected chi connectivity index (χ1v) is 7.95. The molecule has 21 heavy (non-hydrogen) atoms. The van der Waals surface area contributed by atoms with Crippen LogP contribution in [0.2, 0.25) is 0 Å². The average molecular weight is 297 g/mol. The SMILES string of the molecule is Cc1nc(C)c(C(C)NCc2ccc3cnccc3c2)s1. The highest BCUT2D eigenvalue weighted by Gasteiger charge is 2.12. The Morgan fingerprint density at radius 3 is 2.81 bits per heavy atom. The smallest absolute Gasteiger partial charge is 0.0900 e. The van der Waals surface area contributed by atoms with Gasteiger partial charge in [0.1, 0.15) is 0 Å². The molecule has 0 spiro atoms. The fourth-order valence-corrected chi connectivity index (χ4v) is 3.51. The van der Waals surface area contributed by atoms with Crippen molar-refractivity contribution in [2.24, 2.45) is 0 Å². The molecule has 0 amide bonds. The maximum Gasteiger partial charge on any atom is 0.0900 e. The van der Waals surface area contributed by atoms with E-state index < -0.39 is 0 Å². The molecular formula is C17H19N3S. The molecule has 0 radical (unpaired) electrons. The molecule has 2 aromatic heterocycles. The quantitative estimate of drug-likeness (QED) is 0.786. The van der Waals surface area contributed by atoms with Crippen molar-refractivity contribution < 1.29 is 0 Å². The molecule has 108 valence electrons. The Kier molecular flexibility index (Phi) is 3.99. The number of nitrogens with zero attached hydrogens (tertiary/aromatic N) is 2. The molecular weight excluding hydrogens is 278 g/mol. The van der Waals surface area contributed by atoms with Crippen LogP contribution in [0.1, 0.15) is 34.1 Å². The van der Waals surface area contributed by atoms with Crippen molar-refractivity contribution in [1.29, 1.82) is 0 Å². The van der Waals surface area contributed by atoms with Crippen LogP contribution in [-0.4, -0.2) is 9.97 Å². The van der Waals surface area contributed by atoms with E-state index in [1.54, 1.807) is 11.3 Å². The number of rotatable bonds is 4. The molecule has 3 nitrogen and oxygen atoms in total. The molecule has 1 unspecified atom stereocenters. The monoisotopic (exact) mass is 297 g/mol. The van der Waals surface area contributed by atoms with Gasteiger partial charge in [-0.25, -0.2) is 4.98 Å². The molecule has 0 saturated heterocycles. The summed E-state index contributed by atoms with van der Waals surface area (Å²) in [7, 11) is 0. The summed E-state index contributed by atoms with van der Waals surface area (Å²) in [5.74, 6) is 0. The van der Waals surface area contributed by atoms with E-state index in [0.717, 1.165) is 17.2 Å². The summed E-state index contributed by atoms with van der Waals surface area (Å²) in [5, 5.41) is 7.14. The minimum atomic E-state index is 0.323. The summed E-state index contributed by atoms with van der Waals surface area (Å²) in [6, 6.07) is 8.89. The Morgan fingerprint density at radius 2 is 2.05 bits per heavy atom. The summed E-state index contributed by atoms with van der Waals surface area (Å²) in [6.07, 6.45) is 3.74. The molecule has 3 rings (SSSR count). The molecule has 2 heterocycles. The molecule has 0 saturated carbocycles. The van der Waals surface area contributed by atoms with Gasteiger partial charge < -0.3 is 5.32 Å². The Balaban J connectivity index is 1.72. The van der Waals surface area contributed by atoms with E-state index in [1.165, 1.54) is 21.2 Å². The second kappa shape index (κ2) is 5.92. The normalized spacial score (nSPS) is 12.7. The van der Waals surface area contributed by atoms with Crippen LogP contribution in [0.15, 0.2) is 36.7 Å². The van der Waals surface area contributed by atoms with Crippen LogP contribution in [-0.2, 0) is 6.54 Å². The second-order valence-corrected chi connectivity index (χ2v) is 6.58. The van der Waals surface area contributed by atoms with E-state index in [-0.39, 0.29) is 0 Å². The zero-order valence-corrected chi connectivity index (χ0v) is 13.4. The van der Waals surface area contributed by atoms with Crippen LogP contribution in [0, 0.1) is 13.8 Å². The predicted molar refractivity (Wildman–Crippen MR) is 88.6 cm³/mol. The third kappa shape index (κ3) is 3.12. The van der Waals surface area contributed by atoms with Crippen molar-refractivity contribution in [3.63, 3.8) is 0 Å². The first-order valence-electron chi connectivity index (χ1n) is 7.13. The molecule has 1 atom stereocenters. The van der Waals surface area contributed by atoms with Gasteiger partial charge in [0.25, 0.3) is 0 Å². The fraction of sp³-hybridized carbons (Fsp3) is 0.294. The van der Waals surface area contributed by atoms with Crippen molar-refractivity contribution in [3.05, 3.63) is 57.8 Å². The highest BCUT2D eigenvalue weighted by Crippen LogP contribution is 2.24. The maximum absolute atomic E-state index is 4.50. The lowest BCUT2D eigenvalue weighted by Gasteiger charge is -2.13. The molecule has 0 aliphatic heterocycles. The Morgan fingerprint density at radius 1 is 1.19 bits per heavy atom. The summed E-state index contributed by atoms with van der Waals surface area (Å²) in [4.78, 5) is 9.98. The number of aromatic nitrogens is 2. The number of fused-ring (bicyclic) bond motifs is 1. The van der Waals surface area contributed by atoms with Gasteiger partial charge in [-0.2, -0.15) is 0 Å². The van der Waals surface area contributed by atoms with Crippen LogP contribution in [0.3, 0.4) is 0 Å². The van der Waals surface area contributed by atoms with E-state index >= 15 is 0 Å². The molecule has 1 N–H and O–H groups in total. The minimum absolute atomic E-state index is 0.323. The maximum atomic E-state index is 4.50. The van der Waals surface area contributed by atoms with Crippen LogP contribution < -0.4 is 5.32 Å². The van der Waals surface area contributed by atoms with Gasteiger partial charge in [-0.3, -0.25) is 4.98 Å². The van der Waals surface area contributed by atoms with E-state index in [1.807, 2.05) is 12.4 Å². The Bertz CT molecular complexity index is 764. The van der Waals surface area contributed by atoms with Crippen molar-refractivity contribution in [1.82, 2.24) is 15.3 Å². The number of thiazole rings is 1. The van der Waals surface area contributed by atoms with Gasteiger partial charge in [0.05, 0.1) is 10.7 Å². The van der Waals surface area contributed by atoms with Gasteiger partial charge in [0.15, 0.2) is 0 Å². The second-order valence-electron chi connectivity index (χ2n) is 5.34. The first-order chi connectivity index (χ1) is 10.1. The van der Waals surface area contributed by atoms with Crippen molar-refractivity contribution in [2.45, 2.75) is 33.4 Å². The van der Waals surface area contributed by atoms with Gasteiger partial charge in [-0.15, -0.1) is 11.3 Å². The third-order valence-electron chi connectivity index (χ3n) is 3.65. The molecule has 3 aromatic rings. The lowest BCUT2D eigenvalue weighted by molar-refractivity contribution is 0.580. The molecule has 0 aliphatic rings. The van der Waals surface area contributed by atoms with Gasteiger partial charge >= 0.3 is 0 Å². The van der Waals surface area contributed by atoms with Gasteiger partial charge in [0.2, 0.25) is 0 Å². The standard InChI is InChI=1S/C17H19N3S/c1-11(17-12(2)20-13(3)21-17)19-9-14-4-5-16-10-18-7-6-15(16)8-14/h4-8,10-11,19H,9H2,1-3H3. The lowest BCUT2D eigenvalue weighted by Crippen LogP contribution is -2.17. The molecule has 1 aromatic carbocycles. The van der Waals surface area contributed by atoms with Crippen LogP contribution in [0.5, 0.6) is 0 Å². The van der Waals surface area contributed by atoms with Crippen LogP contribution >= 0.6 is 11.3 Å². The number of nitrogens with one attached hydrogen (secondary N) is 1. The van der Waals surface area contributed by atoms with Crippen LogP contribution in [0.4, 0.5) is 0 Å². The number of hydrogen-bond donors (Lipinski definition) is 1. The Hall–Kier alpha value is -1.78. The minimum Gasteiger partial charge on any atom is -0.305 e. The number of aryl methyl sites for hydroxylation is 2. The van der Waals surface area contributed by atoms with Gasteiger partial charge in [0, 0.05) is 35.2 Å². The highest BCUT2D eigenvalue weighted by atomic mass is 32.1. The lowest BCUT2D eigenvalue weighted by atomic mass is 10.1. The van der Waals surface area contributed by atoms with E-state index in [9.17, 15) is 0 Å². The molecule has 0 bridgehead atoms. The zero-order valence-electron chi connectivity index (χ0n) is 12.6. The van der Waals surface area contributed by atoms with E-state index in [2.05, 4.69) is 60.3 Å². The largest absolute Gasteiger partial charge is 0.305 e. The van der Waals surface area contributed by atoms with Gasteiger partial charge in [-0.05, 0) is 43.9 Å². The first kappa shape index (κ1) is 14.2. The topological polar surface area (TPSA) is 37.8 Å². The summed E-state index contributed by atoms with van der Waals surface area (Å²) < 4.78 is 0. The fourth-order valence-electron chi connectivity index (χ4n) is 2.56. The molecule has 4 heteroatoms. The van der Waals surface area contributed by atoms with Gasteiger partial charge in [-0.1, -0.05) is 12.1 Å². The summed E-state index contributed by atoms with van der Waals surface area (Å²) >= 11 is 1.78. The summed E-state index contributed by atoms with van der Waals surface area (Å²) in [5.41, 5.74) is 2.43. The highest BCUT2D eigenvalue weighted by molar-refractivity contribution is 7.11. The molecule has 0 aliphatic carbocycles. The third-order valence-corrected chi connectivity index (χ3v) is 4.91. The van der Waals surface area contributed by atoms with E-state index in [4.69, 9.17) is 0 Å². The summed E-state index contributed by atoms with van der Waals surface area (Å²) in [6.45, 7) is 7.20. The predicted octanol–water partition coefficient (Wildman–Crippen LogP) is 4.16. The van der Waals surface area contributed by atoms with E-state index in [0.29, 0.717) is 6.04 Å². The number of pyridine rings is 1. The van der Waals surface area contributed by atoms with Crippen LogP contribution in [0.25, 0.3) is 10.8 Å².